The molecule has 0 aromatic heterocycles. The standard InChI is InChI=1S/C17H24O/c18-17(11-13-5-1-2-6-13)16-10-9-14-7-3-4-8-15(14)12-16/h9-10,12-13,17-18H,1-8,11H2. The van der Waals surface area contributed by atoms with Crippen molar-refractivity contribution in [3.63, 3.8) is 0 Å². The number of hydrogen-bond acceptors (Lipinski definition) is 1. The van der Waals surface area contributed by atoms with Crippen LogP contribution in [0.2, 0.25) is 0 Å². The molecule has 0 amide bonds. The van der Waals surface area contributed by atoms with Gasteiger partial charge in [-0.2, -0.15) is 0 Å². The molecule has 2 aliphatic carbocycles. The Morgan fingerprint density at radius 2 is 1.72 bits per heavy atom. The first-order chi connectivity index (χ1) is 8.83. The Bertz CT molecular complexity index is 404. The summed E-state index contributed by atoms with van der Waals surface area (Å²) in [6.07, 6.45) is 11.2. The van der Waals surface area contributed by atoms with Gasteiger partial charge in [0.1, 0.15) is 0 Å². The fourth-order valence-electron chi connectivity index (χ4n) is 3.66. The summed E-state index contributed by atoms with van der Waals surface area (Å²) >= 11 is 0. The Labute approximate surface area is 110 Å². The van der Waals surface area contributed by atoms with Crippen molar-refractivity contribution >= 4 is 0 Å². The summed E-state index contributed by atoms with van der Waals surface area (Å²) in [7, 11) is 0. The lowest BCUT2D eigenvalue weighted by Gasteiger charge is -2.20. The monoisotopic (exact) mass is 244 g/mol. The second kappa shape index (κ2) is 5.44. The fraction of sp³-hybridized carbons (Fsp3) is 0.647. The van der Waals surface area contributed by atoms with Gasteiger partial charge in [0, 0.05) is 0 Å². The zero-order valence-electron chi connectivity index (χ0n) is 11.2. The van der Waals surface area contributed by atoms with E-state index in [1.807, 2.05) is 0 Å². The molecular weight excluding hydrogens is 220 g/mol. The van der Waals surface area contributed by atoms with Crippen molar-refractivity contribution < 1.29 is 5.11 Å². The largest absolute Gasteiger partial charge is 0.388 e. The number of aryl methyl sites for hydroxylation is 2. The van der Waals surface area contributed by atoms with Crippen molar-refractivity contribution in [3.8, 4) is 0 Å². The average molecular weight is 244 g/mol. The first kappa shape index (κ1) is 12.2. The van der Waals surface area contributed by atoms with Gasteiger partial charge in [-0.3, -0.25) is 0 Å². The van der Waals surface area contributed by atoms with Crippen molar-refractivity contribution in [1.29, 1.82) is 0 Å². The van der Waals surface area contributed by atoms with E-state index in [1.165, 1.54) is 62.5 Å². The Hall–Kier alpha value is -0.820. The fourth-order valence-corrected chi connectivity index (χ4v) is 3.66. The minimum atomic E-state index is -0.236. The summed E-state index contributed by atoms with van der Waals surface area (Å²) in [5.74, 6) is 0.760. The topological polar surface area (TPSA) is 20.2 Å². The van der Waals surface area contributed by atoms with E-state index < -0.39 is 0 Å². The Morgan fingerprint density at radius 1 is 1.00 bits per heavy atom. The van der Waals surface area contributed by atoms with E-state index in [1.54, 1.807) is 0 Å². The lowest BCUT2D eigenvalue weighted by Crippen LogP contribution is -2.07. The van der Waals surface area contributed by atoms with Gasteiger partial charge in [-0.1, -0.05) is 43.9 Å². The third kappa shape index (κ3) is 2.61. The molecule has 2 aliphatic rings. The number of aliphatic hydroxyl groups is 1. The lowest BCUT2D eigenvalue weighted by molar-refractivity contribution is 0.145. The van der Waals surface area contributed by atoms with E-state index in [0.717, 1.165) is 17.9 Å². The maximum absolute atomic E-state index is 10.4. The highest BCUT2D eigenvalue weighted by Gasteiger charge is 2.20. The number of hydrogen-bond donors (Lipinski definition) is 1. The maximum Gasteiger partial charge on any atom is 0.0792 e. The van der Waals surface area contributed by atoms with Crippen LogP contribution < -0.4 is 0 Å². The maximum atomic E-state index is 10.4. The minimum Gasteiger partial charge on any atom is -0.388 e. The zero-order chi connectivity index (χ0) is 12.4. The molecule has 1 fully saturated rings. The van der Waals surface area contributed by atoms with Gasteiger partial charge in [-0.15, -0.1) is 0 Å². The van der Waals surface area contributed by atoms with Crippen LogP contribution in [0.25, 0.3) is 0 Å². The number of benzene rings is 1. The van der Waals surface area contributed by atoms with Crippen LogP contribution in [0.5, 0.6) is 0 Å². The van der Waals surface area contributed by atoms with Gasteiger partial charge in [0.2, 0.25) is 0 Å². The predicted molar refractivity (Wildman–Crippen MR) is 74.6 cm³/mol. The second-order valence-corrected chi connectivity index (χ2v) is 6.14. The van der Waals surface area contributed by atoms with Crippen LogP contribution in [-0.2, 0) is 12.8 Å². The molecule has 0 radical (unpaired) electrons. The second-order valence-electron chi connectivity index (χ2n) is 6.14. The normalized spacial score (nSPS) is 21.8. The van der Waals surface area contributed by atoms with Gasteiger partial charge in [-0.25, -0.2) is 0 Å². The van der Waals surface area contributed by atoms with Crippen LogP contribution in [0, 0.1) is 5.92 Å². The van der Waals surface area contributed by atoms with E-state index >= 15 is 0 Å². The highest BCUT2D eigenvalue weighted by molar-refractivity contribution is 5.34. The molecule has 1 aromatic rings. The van der Waals surface area contributed by atoms with Gasteiger partial charge >= 0.3 is 0 Å². The molecular formula is C17H24O. The smallest absolute Gasteiger partial charge is 0.0792 e. The van der Waals surface area contributed by atoms with Crippen molar-refractivity contribution in [3.05, 3.63) is 34.9 Å². The van der Waals surface area contributed by atoms with Crippen LogP contribution in [-0.4, -0.2) is 5.11 Å². The molecule has 0 spiro atoms. The summed E-state index contributed by atoms with van der Waals surface area (Å²) in [6.45, 7) is 0. The molecule has 1 aromatic carbocycles. The minimum absolute atomic E-state index is 0.236. The molecule has 0 saturated heterocycles. The zero-order valence-corrected chi connectivity index (χ0v) is 11.2. The number of fused-ring (bicyclic) bond motifs is 1. The summed E-state index contributed by atoms with van der Waals surface area (Å²) in [6, 6.07) is 6.68. The molecule has 1 atom stereocenters. The first-order valence-electron chi connectivity index (χ1n) is 7.63. The highest BCUT2D eigenvalue weighted by atomic mass is 16.3. The van der Waals surface area contributed by atoms with Crippen molar-refractivity contribution in [2.45, 2.75) is 63.9 Å². The summed E-state index contributed by atoms with van der Waals surface area (Å²) in [5.41, 5.74) is 4.16. The molecule has 0 aliphatic heterocycles. The van der Waals surface area contributed by atoms with E-state index in [4.69, 9.17) is 0 Å². The van der Waals surface area contributed by atoms with Crippen LogP contribution in [0.4, 0.5) is 0 Å². The molecule has 1 heteroatoms. The summed E-state index contributed by atoms with van der Waals surface area (Å²) in [5, 5.41) is 10.4. The van der Waals surface area contributed by atoms with Crippen LogP contribution in [0.1, 0.15) is 67.7 Å². The molecule has 18 heavy (non-hydrogen) atoms. The predicted octanol–water partition coefficient (Wildman–Crippen LogP) is 4.18. The number of rotatable bonds is 3. The van der Waals surface area contributed by atoms with Crippen molar-refractivity contribution in [2.24, 2.45) is 5.92 Å². The Balaban J connectivity index is 1.70. The van der Waals surface area contributed by atoms with Crippen LogP contribution in [0.3, 0.4) is 0 Å². The Kier molecular flexibility index (Phi) is 3.69. The molecule has 0 heterocycles. The van der Waals surface area contributed by atoms with Crippen LogP contribution in [0.15, 0.2) is 18.2 Å². The van der Waals surface area contributed by atoms with E-state index in [0.29, 0.717) is 0 Å². The Morgan fingerprint density at radius 3 is 2.50 bits per heavy atom. The molecule has 1 saturated carbocycles. The molecule has 1 N–H and O–H groups in total. The third-order valence-corrected chi connectivity index (χ3v) is 4.79. The molecule has 0 bridgehead atoms. The molecule has 1 unspecified atom stereocenters. The van der Waals surface area contributed by atoms with Crippen molar-refractivity contribution in [1.82, 2.24) is 0 Å². The summed E-state index contributed by atoms with van der Waals surface area (Å²) < 4.78 is 0. The van der Waals surface area contributed by atoms with Gasteiger partial charge in [0.25, 0.3) is 0 Å². The van der Waals surface area contributed by atoms with Gasteiger partial charge in [0.05, 0.1) is 6.10 Å². The summed E-state index contributed by atoms with van der Waals surface area (Å²) in [4.78, 5) is 0. The van der Waals surface area contributed by atoms with E-state index in [2.05, 4.69) is 18.2 Å². The SMILES string of the molecule is OC(CC1CCCC1)c1ccc2c(c1)CCCC2. The van der Waals surface area contributed by atoms with Gasteiger partial charge < -0.3 is 5.11 Å². The molecule has 98 valence electrons. The van der Waals surface area contributed by atoms with Crippen molar-refractivity contribution in [2.75, 3.05) is 0 Å². The quantitative estimate of drug-likeness (QED) is 0.845. The highest BCUT2D eigenvalue weighted by Crippen LogP contribution is 2.34. The number of aliphatic hydroxyl groups excluding tert-OH is 1. The van der Waals surface area contributed by atoms with Crippen LogP contribution >= 0.6 is 0 Å². The average Bonchev–Trinajstić information content (AvgIpc) is 2.91. The van der Waals surface area contributed by atoms with E-state index in [-0.39, 0.29) is 6.10 Å². The van der Waals surface area contributed by atoms with E-state index in [9.17, 15) is 5.11 Å². The molecule has 3 rings (SSSR count). The molecule has 1 nitrogen and oxygen atoms in total. The lowest BCUT2D eigenvalue weighted by atomic mass is 9.88. The third-order valence-electron chi connectivity index (χ3n) is 4.79. The first-order valence-corrected chi connectivity index (χ1v) is 7.63. The van der Waals surface area contributed by atoms with Gasteiger partial charge in [-0.05, 0) is 54.7 Å². The van der Waals surface area contributed by atoms with Gasteiger partial charge in [0.15, 0.2) is 0 Å².